The molecule has 5 heteroatoms. The van der Waals surface area contributed by atoms with Gasteiger partial charge in [-0.3, -0.25) is 0 Å². The van der Waals surface area contributed by atoms with Gasteiger partial charge in [-0.15, -0.1) is 0 Å². The van der Waals surface area contributed by atoms with E-state index in [2.05, 4.69) is 64.3 Å². The van der Waals surface area contributed by atoms with Crippen LogP contribution in [0.1, 0.15) is 28.7 Å². The Morgan fingerprint density at radius 2 is 2.00 bits per heavy atom. The summed E-state index contributed by atoms with van der Waals surface area (Å²) in [5.41, 5.74) is 6.90. The average molecular weight is 329 g/mol. The normalized spacial score (nSPS) is 17.0. The fraction of sp³-hybridized carbons (Fsp3) is 0.200. The molecule has 0 saturated heterocycles. The Balaban J connectivity index is 1.70. The molecule has 4 aromatic rings. The van der Waals surface area contributed by atoms with Crippen molar-refractivity contribution in [2.45, 2.75) is 19.4 Å². The number of nitrogens with one attached hydrogen (secondary N) is 1. The van der Waals surface area contributed by atoms with Gasteiger partial charge in [0.25, 0.3) is 0 Å². The Labute approximate surface area is 145 Å². The van der Waals surface area contributed by atoms with Gasteiger partial charge in [-0.1, -0.05) is 24.3 Å². The summed E-state index contributed by atoms with van der Waals surface area (Å²) in [5.74, 6) is 0. The number of aromatic nitrogens is 4. The summed E-state index contributed by atoms with van der Waals surface area (Å²) in [6, 6.07) is 16.9. The topological polar surface area (TPSA) is 49.2 Å². The third-order valence-corrected chi connectivity index (χ3v) is 5.03. The molecule has 0 amide bonds. The van der Waals surface area contributed by atoms with Crippen molar-refractivity contribution in [3.05, 3.63) is 83.7 Å². The minimum atomic E-state index is 0.0247. The molecule has 1 aromatic carbocycles. The lowest BCUT2D eigenvalue weighted by Crippen LogP contribution is -2.36. The highest BCUT2D eigenvalue weighted by molar-refractivity contribution is 5.58. The molecule has 0 unspecified atom stereocenters. The molecule has 0 bridgehead atoms. The minimum Gasteiger partial charge on any atom is -0.357 e. The molecule has 1 aliphatic heterocycles. The first kappa shape index (κ1) is 14.3. The van der Waals surface area contributed by atoms with E-state index in [1.165, 1.54) is 16.9 Å². The van der Waals surface area contributed by atoms with Gasteiger partial charge in [0.2, 0.25) is 0 Å². The van der Waals surface area contributed by atoms with Crippen molar-refractivity contribution in [3.63, 3.8) is 0 Å². The molecule has 0 saturated carbocycles. The Kier molecular flexibility index (Phi) is 3.13. The number of pyridine rings is 1. The number of aromatic amines is 1. The van der Waals surface area contributed by atoms with Crippen molar-refractivity contribution in [2.75, 3.05) is 11.4 Å². The smallest absolute Gasteiger partial charge is 0.117 e. The zero-order valence-electron chi connectivity index (χ0n) is 14.1. The summed E-state index contributed by atoms with van der Waals surface area (Å²) >= 11 is 0. The van der Waals surface area contributed by atoms with E-state index in [-0.39, 0.29) is 6.04 Å². The molecule has 5 rings (SSSR count). The minimum absolute atomic E-state index is 0.0247. The quantitative estimate of drug-likeness (QED) is 0.612. The predicted molar refractivity (Wildman–Crippen MR) is 97.9 cm³/mol. The number of fused-ring (bicyclic) bond motifs is 2. The first-order chi connectivity index (χ1) is 12.3. The molecule has 0 radical (unpaired) electrons. The second-order valence-corrected chi connectivity index (χ2v) is 6.54. The maximum absolute atomic E-state index is 4.87. The molecular formula is C20H19N5. The van der Waals surface area contributed by atoms with Crippen LogP contribution in [0.25, 0.3) is 5.52 Å². The molecule has 3 aromatic heterocycles. The van der Waals surface area contributed by atoms with Crippen LogP contribution in [0.4, 0.5) is 5.69 Å². The molecule has 5 nitrogen and oxygen atoms in total. The van der Waals surface area contributed by atoms with Gasteiger partial charge in [0.05, 0.1) is 23.2 Å². The lowest BCUT2D eigenvalue weighted by atomic mass is 9.98. The number of H-pyrrole nitrogens is 1. The van der Waals surface area contributed by atoms with Gasteiger partial charge in [-0.05, 0) is 36.8 Å². The number of rotatable bonds is 2. The van der Waals surface area contributed by atoms with E-state index >= 15 is 0 Å². The highest BCUT2D eigenvalue weighted by Crippen LogP contribution is 2.36. The summed E-state index contributed by atoms with van der Waals surface area (Å²) in [4.78, 5) is 10.3. The van der Waals surface area contributed by atoms with Gasteiger partial charge < -0.3 is 9.88 Å². The first-order valence-electron chi connectivity index (χ1n) is 8.60. The number of hydrogen-bond donors (Lipinski definition) is 1. The molecule has 1 atom stereocenters. The molecule has 0 aliphatic carbocycles. The Morgan fingerprint density at radius 1 is 1.12 bits per heavy atom. The van der Waals surface area contributed by atoms with Crippen LogP contribution in [0.15, 0.2) is 61.1 Å². The van der Waals surface area contributed by atoms with Crippen LogP contribution in [-0.2, 0) is 6.42 Å². The summed E-state index contributed by atoms with van der Waals surface area (Å²) in [6.07, 6.45) is 4.77. The predicted octanol–water partition coefficient (Wildman–Crippen LogP) is 3.52. The van der Waals surface area contributed by atoms with Crippen LogP contribution in [0.3, 0.4) is 0 Å². The molecule has 1 N–H and O–H groups in total. The van der Waals surface area contributed by atoms with E-state index in [9.17, 15) is 0 Å². The van der Waals surface area contributed by atoms with Crippen LogP contribution < -0.4 is 4.90 Å². The molecule has 4 heterocycles. The number of nitrogens with zero attached hydrogens (tertiary/aromatic N) is 4. The molecule has 0 spiro atoms. The van der Waals surface area contributed by atoms with E-state index in [4.69, 9.17) is 5.10 Å². The van der Waals surface area contributed by atoms with E-state index in [0.29, 0.717) is 0 Å². The van der Waals surface area contributed by atoms with Crippen LogP contribution in [0, 0.1) is 6.92 Å². The number of aryl methyl sites for hydroxylation is 1. The third kappa shape index (κ3) is 2.23. The number of anilines is 1. The Bertz CT molecular complexity index is 1030. The van der Waals surface area contributed by atoms with Gasteiger partial charge in [0, 0.05) is 30.5 Å². The highest BCUT2D eigenvalue weighted by Gasteiger charge is 2.33. The van der Waals surface area contributed by atoms with E-state index in [1.807, 2.05) is 16.8 Å². The zero-order chi connectivity index (χ0) is 16.8. The van der Waals surface area contributed by atoms with Gasteiger partial charge in [-0.25, -0.2) is 9.50 Å². The van der Waals surface area contributed by atoms with Crippen molar-refractivity contribution in [1.82, 2.24) is 19.6 Å². The van der Waals surface area contributed by atoms with E-state index < -0.39 is 0 Å². The molecule has 25 heavy (non-hydrogen) atoms. The largest absolute Gasteiger partial charge is 0.357 e. The maximum atomic E-state index is 4.87. The number of imidazole rings is 1. The van der Waals surface area contributed by atoms with E-state index in [1.54, 1.807) is 6.33 Å². The number of para-hydroxylation sites is 1. The van der Waals surface area contributed by atoms with Gasteiger partial charge in [0.15, 0.2) is 0 Å². The first-order valence-corrected chi connectivity index (χ1v) is 8.60. The van der Waals surface area contributed by atoms with Crippen LogP contribution in [0.2, 0.25) is 0 Å². The standard InChI is InChI=1S/C20H19N5/c1-14-6-5-10-25-18(14)12-17(23-25)20-19-16(21-13-22-19)9-11-24(20)15-7-3-2-4-8-15/h2-8,10,12-13,20H,9,11H2,1H3,(H,21,22)/t20-/m1/s1. The van der Waals surface area contributed by atoms with Gasteiger partial charge >= 0.3 is 0 Å². The monoisotopic (exact) mass is 329 g/mol. The number of benzene rings is 1. The van der Waals surface area contributed by atoms with Crippen LogP contribution in [0.5, 0.6) is 0 Å². The highest BCUT2D eigenvalue weighted by atomic mass is 15.3. The second-order valence-electron chi connectivity index (χ2n) is 6.54. The SMILES string of the molecule is Cc1cccn2nc([C@@H]3c4nc[nH]c4CCN3c3ccccc3)cc12. The van der Waals surface area contributed by atoms with Gasteiger partial charge in [0.1, 0.15) is 6.04 Å². The van der Waals surface area contributed by atoms with Crippen molar-refractivity contribution >= 4 is 11.2 Å². The lowest BCUT2D eigenvalue weighted by Gasteiger charge is -2.35. The second kappa shape index (κ2) is 5.48. The fourth-order valence-electron chi connectivity index (χ4n) is 3.78. The van der Waals surface area contributed by atoms with Crippen LogP contribution in [-0.4, -0.2) is 26.1 Å². The summed E-state index contributed by atoms with van der Waals surface area (Å²) in [5, 5.41) is 4.87. The average Bonchev–Trinajstić information content (AvgIpc) is 3.29. The fourth-order valence-corrected chi connectivity index (χ4v) is 3.78. The molecule has 0 fully saturated rings. The Morgan fingerprint density at radius 3 is 2.84 bits per heavy atom. The molecule has 124 valence electrons. The lowest BCUT2D eigenvalue weighted by molar-refractivity contribution is 0.617. The van der Waals surface area contributed by atoms with Crippen LogP contribution >= 0.6 is 0 Å². The molecular weight excluding hydrogens is 310 g/mol. The number of hydrogen-bond acceptors (Lipinski definition) is 3. The summed E-state index contributed by atoms with van der Waals surface area (Å²) in [6.45, 7) is 3.06. The van der Waals surface area contributed by atoms with Gasteiger partial charge in [-0.2, -0.15) is 5.10 Å². The van der Waals surface area contributed by atoms with Crippen molar-refractivity contribution in [3.8, 4) is 0 Å². The Hall–Kier alpha value is -3.08. The summed E-state index contributed by atoms with van der Waals surface area (Å²) < 4.78 is 1.97. The maximum Gasteiger partial charge on any atom is 0.117 e. The zero-order valence-corrected chi connectivity index (χ0v) is 14.1. The molecule has 1 aliphatic rings. The van der Waals surface area contributed by atoms with Crippen molar-refractivity contribution in [1.29, 1.82) is 0 Å². The van der Waals surface area contributed by atoms with Crippen molar-refractivity contribution in [2.24, 2.45) is 0 Å². The summed E-state index contributed by atoms with van der Waals surface area (Å²) in [7, 11) is 0. The van der Waals surface area contributed by atoms with E-state index in [0.717, 1.165) is 29.9 Å². The third-order valence-electron chi connectivity index (χ3n) is 5.03. The van der Waals surface area contributed by atoms with Crippen molar-refractivity contribution < 1.29 is 0 Å².